The van der Waals surface area contributed by atoms with Gasteiger partial charge < -0.3 is 41.5 Å². The average molecular weight is 1270 g/mol. The molecule has 27 nitrogen and oxygen atoms in total. The largest absolute Gasteiger partial charge is 0.480 e. The number of benzene rings is 4. The van der Waals surface area contributed by atoms with Gasteiger partial charge in [0.25, 0.3) is 21.6 Å². The number of anilines is 3. The summed E-state index contributed by atoms with van der Waals surface area (Å²) in [7, 11) is -9.71. The monoisotopic (exact) mass is 1270 g/mol. The number of carboxylic acid groups (broad SMARTS) is 2. The number of likely N-dealkylation sites (tertiary alicyclic amines) is 1. The van der Waals surface area contributed by atoms with Gasteiger partial charge in [-0.05, 0) is 99.0 Å². The molecule has 8 heterocycles. The minimum absolute atomic E-state index is 0.00707. The van der Waals surface area contributed by atoms with Crippen molar-refractivity contribution in [3.63, 3.8) is 0 Å². The third-order valence-corrected chi connectivity index (χ3v) is 20.4. The number of amides is 4. The SMILES string of the molecule is Nc1nc2ncc(CNc3ccc(C(=O)NC(CCC(=O)NC(CSC4CC(=O)N(CCNS(=O)(=O)c5ccc(C6=c7cc8c9c(c7Oc7c6cc6c%10c7CCCN%10CCC6)CCC[N+]=9CCC8)c(S(=O)(=O)O)c5)C4=O)C(=O)O)C(=O)O)cc3)nc2c(=O)[nH]1. The molecule has 4 aromatic carbocycles. The fraction of sp³-hybridized carbons (Fsp3) is 0.373. The van der Waals surface area contributed by atoms with Gasteiger partial charge in [-0.25, -0.2) is 37.3 Å². The summed E-state index contributed by atoms with van der Waals surface area (Å²) in [5.41, 5.74) is 12.8. The van der Waals surface area contributed by atoms with Gasteiger partial charge in [0.15, 0.2) is 11.2 Å². The van der Waals surface area contributed by atoms with E-state index >= 15 is 0 Å². The van der Waals surface area contributed by atoms with Gasteiger partial charge in [-0.15, -0.1) is 11.8 Å². The highest BCUT2D eigenvalue weighted by atomic mass is 32.2. The van der Waals surface area contributed by atoms with Crippen LogP contribution in [0.25, 0.3) is 16.7 Å². The van der Waals surface area contributed by atoms with E-state index in [1.165, 1.54) is 30.5 Å². The van der Waals surface area contributed by atoms with E-state index in [1.807, 2.05) is 0 Å². The molecule has 0 saturated carbocycles. The number of sulfonamides is 1. The smallest absolute Gasteiger partial charge is 0.327 e. The molecule has 3 unspecified atom stereocenters. The lowest BCUT2D eigenvalue weighted by molar-refractivity contribution is -0.142. The number of aromatic nitrogens is 4. The van der Waals surface area contributed by atoms with Crippen LogP contribution in [0, 0.1) is 0 Å². The third kappa shape index (κ3) is 12.1. The normalized spacial score (nSPS) is 17.4. The Bertz CT molecular complexity index is 4440. The van der Waals surface area contributed by atoms with Crippen LogP contribution in [-0.2, 0) is 76.3 Å². The Morgan fingerprint density at radius 2 is 1.57 bits per heavy atom. The highest BCUT2D eigenvalue weighted by Gasteiger charge is 2.41. The second-order valence-corrected chi connectivity index (χ2v) is 27.0. The lowest BCUT2D eigenvalue weighted by Crippen LogP contribution is -2.45. The van der Waals surface area contributed by atoms with E-state index in [0.29, 0.717) is 39.2 Å². The number of carboxylic acids is 2. The molecule has 2 aromatic heterocycles. The fourth-order valence-corrected chi connectivity index (χ4v) is 15.7. The molecule has 4 amide bonds. The number of aliphatic carboxylic acids is 2. The number of hydrogen-bond donors (Lipinski definition) is 9. The van der Waals surface area contributed by atoms with Crippen molar-refractivity contribution in [1.29, 1.82) is 0 Å². The van der Waals surface area contributed by atoms with Gasteiger partial charge in [-0.1, -0.05) is 6.07 Å². The summed E-state index contributed by atoms with van der Waals surface area (Å²) >= 11 is 0.764. The Morgan fingerprint density at radius 1 is 0.843 bits per heavy atom. The minimum atomic E-state index is -5.12. The third-order valence-electron chi connectivity index (χ3n) is 16.8. The summed E-state index contributed by atoms with van der Waals surface area (Å²) in [4.78, 5) is 106. The Balaban J connectivity index is 0.671. The average Bonchev–Trinajstić information content (AvgIpc) is 1.07. The number of nitrogen functional groups attached to an aromatic ring is 1. The molecule has 6 aliphatic heterocycles. The second kappa shape index (κ2) is 24.3. The predicted molar refractivity (Wildman–Crippen MR) is 323 cm³/mol. The number of carbonyl (C=O) groups excluding carboxylic acids is 4. The maximum absolute atomic E-state index is 14.0. The molecule has 6 aliphatic rings. The number of aryl methyl sites for hydroxylation is 2. The highest BCUT2D eigenvalue weighted by Crippen LogP contribution is 2.49. The summed E-state index contributed by atoms with van der Waals surface area (Å²) in [6, 6.07) is 10.4. The summed E-state index contributed by atoms with van der Waals surface area (Å²) in [5, 5.41) is 28.3. The van der Waals surface area contributed by atoms with Crippen LogP contribution < -0.4 is 56.8 Å². The number of carbonyl (C=O) groups is 6. The van der Waals surface area contributed by atoms with Crippen molar-refractivity contribution < 1.29 is 65.1 Å². The molecule has 0 radical (unpaired) electrons. The highest BCUT2D eigenvalue weighted by molar-refractivity contribution is 8.00. The fourth-order valence-electron chi connectivity index (χ4n) is 12.7. The Morgan fingerprint density at radius 3 is 2.33 bits per heavy atom. The predicted octanol–water partition coefficient (Wildman–Crippen LogP) is 0.961. The first-order valence-corrected chi connectivity index (χ1v) is 33.0. The van der Waals surface area contributed by atoms with Crippen molar-refractivity contribution in [1.82, 2.24) is 44.8 Å². The van der Waals surface area contributed by atoms with Gasteiger partial charge in [-0.2, -0.15) is 13.4 Å². The number of nitrogens with one attached hydrogen (secondary N) is 5. The molecule has 3 atom stereocenters. The maximum Gasteiger partial charge on any atom is 0.327 e. The Kier molecular flexibility index (Phi) is 16.5. The maximum atomic E-state index is 14.0. The number of nitrogens with zero attached hydrogens (tertiary/aromatic N) is 6. The lowest BCUT2D eigenvalue weighted by Gasteiger charge is -2.39. The Hall–Kier alpha value is -8.84. The zero-order valence-electron chi connectivity index (χ0n) is 47.7. The number of imide groups is 1. The summed E-state index contributed by atoms with van der Waals surface area (Å²) in [6.07, 6.45) is 6.79. The van der Waals surface area contributed by atoms with Crippen molar-refractivity contribution in [2.24, 2.45) is 0 Å². The van der Waals surface area contributed by atoms with Gasteiger partial charge >= 0.3 is 11.9 Å². The first kappa shape index (κ1) is 60.4. The quantitative estimate of drug-likeness (QED) is 0.0275. The van der Waals surface area contributed by atoms with E-state index in [9.17, 15) is 65.2 Å². The summed E-state index contributed by atoms with van der Waals surface area (Å²) in [5.74, 6) is -5.32. The first-order valence-electron chi connectivity index (χ1n) is 29.0. The van der Waals surface area contributed by atoms with Gasteiger partial charge in [0.1, 0.15) is 41.6 Å². The molecule has 0 spiro atoms. The zero-order chi connectivity index (χ0) is 62.6. The zero-order valence-corrected chi connectivity index (χ0v) is 50.1. The number of nitrogens with two attached hydrogens (primary N) is 1. The lowest BCUT2D eigenvalue weighted by atomic mass is 9.82. The number of thioether (sulfide) groups is 1. The number of aromatic amines is 1. The van der Waals surface area contributed by atoms with Crippen LogP contribution in [0.3, 0.4) is 0 Å². The van der Waals surface area contributed by atoms with Crippen LogP contribution in [0.4, 0.5) is 17.3 Å². The van der Waals surface area contributed by atoms with E-state index < -0.39 is 120 Å². The molecule has 0 bridgehead atoms. The number of ether oxygens (including phenoxy) is 1. The summed E-state index contributed by atoms with van der Waals surface area (Å²) < 4.78 is 78.1. The van der Waals surface area contributed by atoms with Crippen LogP contribution in [-0.4, -0.2) is 154 Å². The molecule has 464 valence electrons. The second-order valence-electron chi connectivity index (χ2n) is 22.6. The summed E-state index contributed by atoms with van der Waals surface area (Å²) in [6.45, 7) is 2.80. The molecular formula is C59H61N12O15S3+. The van der Waals surface area contributed by atoms with E-state index in [1.54, 1.807) is 12.1 Å². The van der Waals surface area contributed by atoms with Crippen molar-refractivity contribution in [3.05, 3.63) is 126 Å². The molecular weight excluding hydrogens is 1210 g/mol. The number of rotatable bonds is 21. The van der Waals surface area contributed by atoms with Crippen LogP contribution in [0.5, 0.6) is 11.5 Å². The van der Waals surface area contributed by atoms with Crippen LogP contribution in [0.1, 0.15) is 94.4 Å². The molecule has 6 aromatic rings. The first-order chi connectivity index (χ1) is 42.6. The van der Waals surface area contributed by atoms with Crippen LogP contribution >= 0.6 is 11.8 Å². The molecule has 30 heteroatoms. The van der Waals surface area contributed by atoms with Crippen molar-refractivity contribution in [2.45, 2.75) is 104 Å². The molecule has 0 aliphatic carbocycles. The standard InChI is InChI=1S/C59H60N12O15S3/c60-59-67-53-48(55(75)68-59)64-34(28-62-53)27-61-33-11-9-30(10-12-33)54(74)66-41(57(77)78)15-16-45(72)65-42(58(79)80)29-87-43-26-46(73)71(56(43)76)22-17-63-88(81,82)35-13-14-36(44(25-35)89(83,84)85)47-39-23-31-5-1-18-69-20-3-7-37(49(31)69)51(39)86-52-38-8-4-21-70-19-2-6-32(50(38)70)24-40(47)52/h9-14,23-25,28,41-43,63H,1-8,15-22,26-27,29H2,(H8-,60,61,62,65,66,67,68,72,74,75,77,78,79,80,83,84,85)/p+1. The van der Waals surface area contributed by atoms with Crippen molar-refractivity contribution in [3.8, 4) is 11.5 Å². The van der Waals surface area contributed by atoms with E-state index in [-0.39, 0.29) is 41.2 Å². The van der Waals surface area contributed by atoms with Gasteiger partial charge in [0, 0.05) is 108 Å². The number of hydrogen-bond acceptors (Lipinski definition) is 19. The van der Waals surface area contributed by atoms with Crippen LogP contribution in [0.2, 0.25) is 0 Å². The molecule has 1 fully saturated rings. The Labute approximate surface area is 512 Å². The van der Waals surface area contributed by atoms with Gasteiger partial charge in [-0.3, -0.25) is 38.4 Å². The van der Waals surface area contributed by atoms with Gasteiger partial charge in [0.2, 0.25) is 39.1 Å². The molecule has 12 rings (SSSR count). The molecule has 89 heavy (non-hydrogen) atoms. The molecule has 1 saturated heterocycles. The van der Waals surface area contributed by atoms with E-state index in [0.717, 1.165) is 134 Å². The van der Waals surface area contributed by atoms with E-state index in [2.05, 4.69) is 62.2 Å². The van der Waals surface area contributed by atoms with Crippen molar-refractivity contribution >= 4 is 102 Å². The topological polar surface area (TPSA) is 396 Å². The minimum Gasteiger partial charge on any atom is -0.480 e. The van der Waals surface area contributed by atoms with Gasteiger partial charge in [0.05, 0.1) is 34.1 Å². The van der Waals surface area contributed by atoms with E-state index in [4.69, 9.17) is 10.5 Å². The van der Waals surface area contributed by atoms with Crippen LogP contribution in [0.15, 0.2) is 75.4 Å². The number of H-pyrrole nitrogens is 1. The van der Waals surface area contributed by atoms with Crippen molar-refractivity contribution in [2.75, 3.05) is 61.0 Å². The molecule has 10 N–H and O–H groups in total. The number of fused-ring (bicyclic) bond motifs is 5.